The maximum absolute atomic E-state index is 10.6. The van der Waals surface area contributed by atoms with Crippen molar-refractivity contribution in [2.45, 2.75) is 31.4 Å². The lowest BCUT2D eigenvalue weighted by atomic mass is 10.1. The summed E-state index contributed by atoms with van der Waals surface area (Å²) in [4.78, 5) is 12.1. The first-order valence-electron chi connectivity index (χ1n) is 9.34. The van der Waals surface area contributed by atoms with Gasteiger partial charge in [-0.05, 0) is 36.1 Å². The summed E-state index contributed by atoms with van der Waals surface area (Å²) in [5.74, 6) is 1.67. The largest absolute Gasteiger partial charge is 0.390 e. The monoisotopic (exact) mass is 346 g/mol. The molecule has 1 aromatic heterocycles. The summed E-state index contributed by atoms with van der Waals surface area (Å²) in [6, 6.07) is 16.1. The Labute approximate surface area is 152 Å². The Hall–Kier alpha value is -2.66. The Bertz CT molecular complexity index is 952. The van der Waals surface area contributed by atoms with Gasteiger partial charge in [-0.3, -0.25) is 0 Å². The molecule has 0 unspecified atom stereocenters. The highest BCUT2D eigenvalue weighted by molar-refractivity contribution is 5.80. The van der Waals surface area contributed by atoms with E-state index in [0.717, 1.165) is 41.3 Å². The van der Waals surface area contributed by atoms with Gasteiger partial charge in [0, 0.05) is 19.5 Å². The topological polar surface area (TPSA) is 61.3 Å². The lowest BCUT2D eigenvalue weighted by molar-refractivity contribution is 0.165. The highest BCUT2D eigenvalue weighted by Gasteiger charge is 2.32. The second-order valence-electron chi connectivity index (χ2n) is 7.17. The van der Waals surface area contributed by atoms with E-state index in [9.17, 15) is 5.11 Å². The molecule has 0 spiro atoms. The molecule has 2 N–H and O–H groups in total. The normalized spacial score (nSPS) is 22.0. The lowest BCUT2D eigenvalue weighted by Gasteiger charge is -2.24. The summed E-state index contributed by atoms with van der Waals surface area (Å²) >= 11 is 0. The first kappa shape index (κ1) is 15.6. The molecule has 5 nitrogen and oxygen atoms in total. The molecule has 5 rings (SSSR count). The summed E-state index contributed by atoms with van der Waals surface area (Å²) in [5.41, 5.74) is 4.14. The molecule has 1 aliphatic heterocycles. The van der Waals surface area contributed by atoms with Gasteiger partial charge in [-0.2, -0.15) is 0 Å². The number of anilines is 2. The Morgan fingerprint density at radius 2 is 1.62 bits per heavy atom. The van der Waals surface area contributed by atoms with Gasteiger partial charge >= 0.3 is 0 Å². The number of fused-ring (bicyclic) bond motifs is 2. The van der Waals surface area contributed by atoms with Crippen molar-refractivity contribution in [3.8, 4) is 0 Å². The molecule has 0 amide bonds. The van der Waals surface area contributed by atoms with Gasteiger partial charge in [-0.15, -0.1) is 0 Å². The maximum Gasteiger partial charge on any atom is 0.172 e. The van der Waals surface area contributed by atoms with Crippen LogP contribution in [0.3, 0.4) is 0 Å². The molecule has 1 fully saturated rings. The van der Waals surface area contributed by atoms with E-state index in [4.69, 9.17) is 9.97 Å². The number of benzene rings is 2. The molecule has 1 aliphatic carbocycles. The predicted octanol–water partition coefficient (Wildman–Crippen LogP) is 3.30. The Balaban J connectivity index is 1.58. The summed E-state index contributed by atoms with van der Waals surface area (Å²) in [5, 5.41) is 14.1. The first-order chi connectivity index (χ1) is 12.8. The molecule has 0 radical (unpaired) electrons. The maximum atomic E-state index is 10.6. The van der Waals surface area contributed by atoms with Crippen molar-refractivity contribution >= 4 is 22.7 Å². The van der Waals surface area contributed by atoms with Crippen molar-refractivity contribution in [1.29, 1.82) is 0 Å². The summed E-state index contributed by atoms with van der Waals surface area (Å²) in [6.07, 6.45) is 2.59. The van der Waals surface area contributed by atoms with Crippen molar-refractivity contribution in [1.82, 2.24) is 9.97 Å². The Kier molecular flexibility index (Phi) is 3.75. The second-order valence-corrected chi connectivity index (χ2v) is 7.17. The number of aliphatic hydroxyl groups is 1. The van der Waals surface area contributed by atoms with Gasteiger partial charge in [-0.25, -0.2) is 9.97 Å². The minimum atomic E-state index is -0.452. The molecule has 2 heterocycles. The average molecular weight is 346 g/mol. The molecule has 3 aromatic rings. The quantitative estimate of drug-likeness (QED) is 0.762. The van der Waals surface area contributed by atoms with E-state index in [1.807, 2.05) is 36.4 Å². The van der Waals surface area contributed by atoms with Crippen LogP contribution in [0.5, 0.6) is 0 Å². The molecule has 2 atom stereocenters. The van der Waals surface area contributed by atoms with Gasteiger partial charge in [0.05, 0.1) is 23.2 Å². The van der Waals surface area contributed by atoms with Gasteiger partial charge in [0.25, 0.3) is 0 Å². The summed E-state index contributed by atoms with van der Waals surface area (Å²) in [6.45, 7) is 2.01. The van der Waals surface area contributed by atoms with Crippen LogP contribution in [0.1, 0.15) is 30.0 Å². The summed E-state index contributed by atoms with van der Waals surface area (Å²) < 4.78 is 0. The van der Waals surface area contributed by atoms with Crippen LogP contribution in [0.2, 0.25) is 0 Å². The number of rotatable bonds is 3. The molecule has 132 valence electrons. The number of nitrogens with zero attached hydrogens (tertiary/aromatic N) is 3. The van der Waals surface area contributed by atoms with Crippen molar-refractivity contribution < 1.29 is 5.11 Å². The van der Waals surface area contributed by atoms with Gasteiger partial charge < -0.3 is 15.3 Å². The third kappa shape index (κ3) is 2.59. The van der Waals surface area contributed by atoms with Crippen LogP contribution < -0.4 is 10.2 Å². The van der Waals surface area contributed by atoms with E-state index in [2.05, 4.69) is 22.3 Å². The van der Waals surface area contributed by atoms with Gasteiger partial charge in [0.2, 0.25) is 0 Å². The van der Waals surface area contributed by atoms with Crippen LogP contribution in [-0.2, 0) is 6.42 Å². The van der Waals surface area contributed by atoms with Crippen molar-refractivity contribution in [2.24, 2.45) is 0 Å². The molecule has 2 aromatic carbocycles. The molecule has 5 heteroatoms. The van der Waals surface area contributed by atoms with Crippen molar-refractivity contribution in [3.05, 3.63) is 59.7 Å². The minimum Gasteiger partial charge on any atom is -0.390 e. The van der Waals surface area contributed by atoms with Crippen LogP contribution in [0.25, 0.3) is 11.0 Å². The Morgan fingerprint density at radius 1 is 0.923 bits per heavy atom. The highest BCUT2D eigenvalue weighted by Crippen LogP contribution is 2.36. The number of hydrogen-bond donors (Lipinski definition) is 2. The van der Waals surface area contributed by atoms with Crippen LogP contribution in [0.4, 0.5) is 11.6 Å². The van der Waals surface area contributed by atoms with Gasteiger partial charge in [0.1, 0.15) is 0 Å². The number of hydrogen-bond acceptors (Lipinski definition) is 5. The van der Waals surface area contributed by atoms with Crippen molar-refractivity contribution in [2.75, 3.05) is 23.3 Å². The molecular formula is C21H22N4O. The van der Waals surface area contributed by atoms with E-state index in [1.165, 1.54) is 18.4 Å². The van der Waals surface area contributed by atoms with Crippen LogP contribution >= 0.6 is 0 Å². The highest BCUT2D eigenvalue weighted by atomic mass is 16.3. The zero-order chi connectivity index (χ0) is 17.5. The van der Waals surface area contributed by atoms with Gasteiger partial charge in [-0.1, -0.05) is 36.4 Å². The SMILES string of the molecule is O[C@@H]1Cc2ccccc2[C@@H]1Nc1nc2ccccc2nc1N1CCCC1. The van der Waals surface area contributed by atoms with E-state index in [-0.39, 0.29) is 6.04 Å². The van der Waals surface area contributed by atoms with E-state index < -0.39 is 6.10 Å². The molecule has 1 saturated heterocycles. The Morgan fingerprint density at radius 3 is 2.42 bits per heavy atom. The minimum absolute atomic E-state index is 0.150. The number of aliphatic hydroxyl groups excluding tert-OH is 1. The van der Waals surface area contributed by atoms with Crippen molar-refractivity contribution in [3.63, 3.8) is 0 Å². The second kappa shape index (κ2) is 6.25. The fraction of sp³-hybridized carbons (Fsp3) is 0.333. The fourth-order valence-corrected chi connectivity index (χ4v) is 4.13. The molecule has 0 bridgehead atoms. The fourth-order valence-electron chi connectivity index (χ4n) is 4.13. The lowest BCUT2D eigenvalue weighted by Crippen LogP contribution is -2.26. The van der Waals surface area contributed by atoms with Crippen LogP contribution in [-0.4, -0.2) is 34.3 Å². The van der Waals surface area contributed by atoms with E-state index in [0.29, 0.717) is 6.42 Å². The molecule has 0 saturated carbocycles. The number of aromatic nitrogens is 2. The number of para-hydroxylation sites is 2. The zero-order valence-corrected chi connectivity index (χ0v) is 14.6. The smallest absolute Gasteiger partial charge is 0.172 e. The average Bonchev–Trinajstić information content (AvgIpc) is 3.30. The van der Waals surface area contributed by atoms with E-state index >= 15 is 0 Å². The summed E-state index contributed by atoms with van der Waals surface area (Å²) in [7, 11) is 0. The van der Waals surface area contributed by atoms with Gasteiger partial charge in [0.15, 0.2) is 11.6 Å². The third-order valence-electron chi connectivity index (χ3n) is 5.45. The number of nitrogens with one attached hydrogen (secondary N) is 1. The first-order valence-corrected chi connectivity index (χ1v) is 9.34. The molecule has 2 aliphatic rings. The standard InChI is InChI=1S/C21H22N4O/c26-18-13-14-7-1-2-8-15(14)19(18)24-20-21(25-11-5-6-12-25)23-17-10-4-3-9-16(17)22-20/h1-4,7-10,18-19,26H,5-6,11-13H2,(H,22,24)/t18-,19+/m1/s1. The predicted molar refractivity (Wildman–Crippen MR) is 104 cm³/mol. The van der Waals surface area contributed by atoms with E-state index in [1.54, 1.807) is 0 Å². The van der Waals surface area contributed by atoms with Crippen LogP contribution in [0.15, 0.2) is 48.5 Å². The van der Waals surface area contributed by atoms with Crippen LogP contribution in [0, 0.1) is 0 Å². The molecular weight excluding hydrogens is 324 g/mol. The molecule has 26 heavy (non-hydrogen) atoms. The third-order valence-corrected chi connectivity index (χ3v) is 5.45. The zero-order valence-electron chi connectivity index (χ0n) is 14.6.